The summed E-state index contributed by atoms with van der Waals surface area (Å²) in [4.78, 5) is 0. The van der Waals surface area contributed by atoms with Gasteiger partial charge in [-0.2, -0.15) is 0 Å². The fourth-order valence-electron chi connectivity index (χ4n) is 1.15. The van der Waals surface area contributed by atoms with Crippen LogP contribution in [-0.4, -0.2) is 23.8 Å². The summed E-state index contributed by atoms with van der Waals surface area (Å²) in [7, 11) is 0. The molecule has 0 saturated heterocycles. The summed E-state index contributed by atoms with van der Waals surface area (Å²) in [6, 6.07) is 0. The number of aliphatic hydroxyl groups excluding tert-OH is 1. The van der Waals surface area contributed by atoms with Crippen molar-refractivity contribution < 1.29 is 5.11 Å². The number of hydrogen-bond acceptors (Lipinski definition) is 2. The maximum atomic E-state index is 9.25. The van der Waals surface area contributed by atoms with E-state index in [-0.39, 0.29) is 12.1 Å². The molecule has 0 amide bonds. The Balaban J connectivity index is 4.10. The van der Waals surface area contributed by atoms with Gasteiger partial charge in [0, 0.05) is 17.6 Å². The van der Waals surface area contributed by atoms with Crippen molar-refractivity contribution >= 4 is 11.6 Å². The first kappa shape index (κ1) is 12.9. The highest BCUT2D eigenvalue weighted by Crippen LogP contribution is 2.14. The number of hydrogen-bond donors (Lipinski definition) is 2. The summed E-state index contributed by atoms with van der Waals surface area (Å²) in [5.41, 5.74) is 2.52. The first-order valence-corrected chi connectivity index (χ1v) is 5.19. The van der Waals surface area contributed by atoms with E-state index >= 15 is 0 Å². The molecule has 0 atom stereocenters. The van der Waals surface area contributed by atoms with Crippen molar-refractivity contribution in [3.05, 3.63) is 11.1 Å². The molecule has 0 aliphatic rings. The monoisotopic (exact) mass is 205 g/mol. The van der Waals surface area contributed by atoms with Crippen molar-refractivity contribution in [3.8, 4) is 0 Å². The van der Waals surface area contributed by atoms with Gasteiger partial charge < -0.3 is 10.4 Å². The zero-order valence-corrected chi connectivity index (χ0v) is 9.49. The minimum absolute atomic E-state index is 0.138. The Morgan fingerprint density at radius 1 is 1.46 bits per heavy atom. The van der Waals surface area contributed by atoms with Crippen LogP contribution in [-0.2, 0) is 0 Å². The Kier molecular flexibility index (Phi) is 6.39. The lowest BCUT2D eigenvalue weighted by molar-refractivity contribution is 0.154. The molecule has 0 aromatic carbocycles. The largest absolute Gasteiger partial charge is 0.394 e. The van der Waals surface area contributed by atoms with E-state index in [1.807, 2.05) is 6.92 Å². The van der Waals surface area contributed by atoms with Crippen LogP contribution in [0.25, 0.3) is 0 Å². The lowest BCUT2D eigenvalue weighted by atomic mass is 9.94. The van der Waals surface area contributed by atoms with E-state index in [0.717, 1.165) is 25.0 Å². The van der Waals surface area contributed by atoms with E-state index in [2.05, 4.69) is 19.2 Å². The minimum atomic E-state index is -0.138. The molecule has 78 valence electrons. The predicted octanol–water partition coefficient (Wildman–Crippen LogP) is 2.27. The van der Waals surface area contributed by atoms with Crippen LogP contribution in [0.3, 0.4) is 0 Å². The van der Waals surface area contributed by atoms with Gasteiger partial charge >= 0.3 is 0 Å². The lowest BCUT2D eigenvalue weighted by Gasteiger charge is -2.31. The van der Waals surface area contributed by atoms with E-state index in [9.17, 15) is 5.11 Å². The van der Waals surface area contributed by atoms with Crippen molar-refractivity contribution in [2.75, 3.05) is 13.2 Å². The fraction of sp³-hybridized carbons (Fsp3) is 0.800. The lowest BCUT2D eigenvalue weighted by Crippen LogP contribution is -2.48. The highest BCUT2D eigenvalue weighted by molar-refractivity contribution is 6.25. The first-order chi connectivity index (χ1) is 6.14. The second-order valence-electron chi connectivity index (χ2n) is 3.45. The molecule has 0 bridgehead atoms. The molecule has 0 spiro atoms. The van der Waals surface area contributed by atoms with Crippen LogP contribution in [0.1, 0.15) is 33.6 Å². The van der Waals surface area contributed by atoms with Crippen molar-refractivity contribution in [2.45, 2.75) is 39.2 Å². The van der Waals surface area contributed by atoms with Crippen LogP contribution < -0.4 is 5.32 Å². The number of nitrogens with one attached hydrogen (secondary N) is 1. The van der Waals surface area contributed by atoms with Gasteiger partial charge in [-0.15, -0.1) is 0 Å². The third kappa shape index (κ3) is 4.12. The molecule has 0 radical (unpaired) electrons. The summed E-state index contributed by atoms with van der Waals surface area (Å²) in [6.45, 7) is 7.04. The van der Waals surface area contributed by atoms with Crippen molar-refractivity contribution in [2.24, 2.45) is 0 Å². The molecule has 0 saturated carbocycles. The van der Waals surface area contributed by atoms with Gasteiger partial charge in [0.15, 0.2) is 0 Å². The molecule has 0 unspecified atom stereocenters. The van der Waals surface area contributed by atoms with Crippen molar-refractivity contribution in [1.29, 1.82) is 0 Å². The Bertz CT molecular complexity index is 156. The molecule has 0 heterocycles. The average Bonchev–Trinajstić information content (AvgIpc) is 2.20. The Labute approximate surface area is 86.0 Å². The molecule has 0 aliphatic heterocycles. The highest BCUT2D eigenvalue weighted by atomic mass is 35.5. The minimum Gasteiger partial charge on any atom is -0.394 e. The van der Waals surface area contributed by atoms with Crippen LogP contribution in [0.2, 0.25) is 0 Å². The van der Waals surface area contributed by atoms with E-state index in [0.29, 0.717) is 0 Å². The van der Waals surface area contributed by atoms with Gasteiger partial charge in [0.25, 0.3) is 0 Å². The maximum absolute atomic E-state index is 9.25. The zero-order valence-electron chi connectivity index (χ0n) is 8.73. The first-order valence-electron chi connectivity index (χ1n) is 4.76. The average molecular weight is 206 g/mol. The Morgan fingerprint density at radius 2 is 2.00 bits per heavy atom. The summed E-state index contributed by atoms with van der Waals surface area (Å²) >= 11 is 5.55. The predicted molar refractivity (Wildman–Crippen MR) is 58.0 cm³/mol. The van der Waals surface area contributed by atoms with Crippen molar-refractivity contribution in [3.63, 3.8) is 0 Å². The van der Waals surface area contributed by atoms with Crippen LogP contribution in [0.4, 0.5) is 0 Å². The second-order valence-corrected chi connectivity index (χ2v) is 3.67. The third-order valence-electron chi connectivity index (χ3n) is 2.58. The number of rotatable bonds is 6. The van der Waals surface area contributed by atoms with Crippen LogP contribution in [0, 0.1) is 0 Å². The van der Waals surface area contributed by atoms with Gasteiger partial charge in [0.1, 0.15) is 0 Å². The van der Waals surface area contributed by atoms with Crippen molar-refractivity contribution in [1.82, 2.24) is 5.32 Å². The van der Waals surface area contributed by atoms with Crippen LogP contribution in [0.15, 0.2) is 11.1 Å². The summed E-state index contributed by atoms with van der Waals surface area (Å²) < 4.78 is 0. The molecular weight excluding hydrogens is 186 g/mol. The smallest absolute Gasteiger partial charge is 0.0613 e. The zero-order chi connectivity index (χ0) is 10.3. The standard InChI is InChI=1S/C10H20ClNO/c1-4-10(5-2,8-13)12-7-9(3)6-11/h6,12-13H,4-5,7-8H2,1-3H3. The molecule has 0 rings (SSSR count). The van der Waals surface area contributed by atoms with E-state index in [1.54, 1.807) is 5.54 Å². The van der Waals surface area contributed by atoms with Gasteiger partial charge in [-0.3, -0.25) is 0 Å². The van der Waals surface area contributed by atoms with E-state index in [1.165, 1.54) is 0 Å². The van der Waals surface area contributed by atoms with Crippen LogP contribution in [0.5, 0.6) is 0 Å². The second kappa shape index (κ2) is 6.41. The normalized spacial score (nSPS) is 13.5. The maximum Gasteiger partial charge on any atom is 0.0613 e. The number of halogens is 1. The van der Waals surface area contributed by atoms with E-state index < -0.39 is 0 Å². The van der Waals surface area contributed by atoms with E-state index in [4.69, 9.17) is 11.6 Å². The molecular formula is C10H20ClNO. The van der Waals surface area contributed by atoms with Gasteiger partial charge in [0.05, 0.1) is 6.61 Å². The Hall–Kier alpha value is -0.0500. The molecule has 0 aliphatic carbocycles. The van der Waals surface area contributed by atoms with Gasteiger partial charge in [-0.25, -0.2) is 0 Å². The van der Waals surface area contributed by atoms with Gasteiger partial charge in [-0.1, -0.05) is 25.4 Å². The Morgan fingerprint density at radius 3 is 2.31 bits per heavy atom. The molecule has 2 nitrogen and oxygen atoms in total. The molecule has 13 heavy (non-hydrogen) atoms. The van der Waals surface area contributed by atoms with Crippen LogP contribution >= 0.6 is 11.6 Å². The summed E-state index contributed by atoms with van der Waals surface area (Å²) in [5, 5.41) is 12.6. The molecule has 0 fully saturated rings. The molecule has 2 N–H and O–H groups in total. The molecule has 0 aromatic heterocycles. The quantitative estimate of drug-likeness (QED) is 0.698. The summed E-state index contributed by atoms with van der Waals surface area (Å²) in [6.07, 6.45) is 1.85. The topological polar surface area (TPSA) is 32.3 Å². The fourth-order valence-corrected chi connectivity index (χ4v) is 1.22. The SMILES string of the molecule is CCC(CC)(CO)NCC(C)=CCl. The molecule has 0 aromatic rings. The van der Waals surface area contributed by atoms with Gasteiger partial charge in [0.2, 0.25) is 0 Å². The summed E-state index contributed by atoms with van der Waals surface area (Å²) in [5.74, 6) is 0. The highest BCUT2D eigenvalue weighted by Gasteiger charge is 2.23. The number of aliphatic hydroxyl groups is 1. The third-order valence-corrected chi connectivity index (χ3v) is 2.96. The van der Waals surface area contributed by atoms with Gasteiger partial charge in [-0.05, 0) is 25.3 Å². The molecule has 3 heteroatoms.